The lowest BCUT2D eigenvalue weighted by molar-refractivity contribution is -0.133. The zero-order valence-corrected chi connectivity index (χ0v) is 16.0. The minimum Gasteiger partial charge on any atom is -0.354 e. The molecule has 1 aliphatic heterocycles. The topological polar surface area (TPSA) is 71.4 Å². The van der Waals surface area contributed by atoms with Gasteiger partial charge in [-0.05, 0) is 35.8 Å². The van der Waals surface area contributed by atoms with E-state index in [1.165, 1.54) is 4.57 Å². The molecule has 3 rings (SSSR count). The third-order valence-electron chi connectivity index (χ3n) is 5.08. The molecule has 0 saturated carbocycles. The Morgan fingerprint density at radius 3 is 2.56 bits per heavy atom. The van der Waals surface area contributed by atoms with Crippen LogP contribution in [0.4, 0.5) is 0 Å². The number of fused-ring (bicyclic) bond motifs is 1. The molecule has 1 aromatic heterocycles. The normalized spacial score (nSPS) is 19.9. The standard InChI is InChI=1S/C21H27N3O3/c1-15-11-16(2)13-24(12-15)20(26)7-9-22-19(25)14-23-10-8-17-5-3-4-6-18(17)21(23)27/h3-6,8,10,15-16H,7,9,11-14H2,1-2H3,(H,22,25)/t15-,16-/m0/s1. The second kappa shape index (κ2) is 8.37. The van der Waals surface area contributed by atoms with E-state index in [4.69, 9.17) is 0 Å². The maximum absolute atomic E-state index is 12.4. The molecule has 0 radical (unpaired) electrons. The van der Waals surface area contributed by atoms with Crippen molar-refractivity contribution in [1.82, 2.24) is 14.8 Å². The van der Waals surface area contributed by atoms with Gasteiger partial charge in [0, 0.05) is 37.6 Å². The summed E-state index contributed by atoms with van der Waals surface area (Å²) in [6, 6.07) is 9.13. The SMILES string of the molecule is C[C@H]1C[C@H](C)CN(C(=O)CCNC(=O)Cn2ccc3ccccc3c2=O)C1. The Labute approximate surface area is 159 Å². The van der Waals surface area contributed by atoms with Gasteiger partial charge in [-0.3, -0.25) is 14.4 Å². The predicted molar refractivity (Wildman–Crippen MR) is 105 cm³/mol. The molecule has 0 bridgehead atoms. The number of hydrogen-bond acceptors (Lipinski definition) is 3. The molecule has 0 spiro atoms. The Hall–Kier alpha value is -2.63. The van der Waals surface area contributed by atoms with Crippen molar-refractivity contribution in [3.05, 3.63) is 46.9 Å². The maximum Gasteiger partial charge on any atom is 0.258 e. The van der Waals surface area contributed by atoms with Gasteiger partial charge in [-0.1, -0.05) is 32.0 Å². The monoisotopic (exact) mass is 369 g/mol. The molecular weight excluding hydrogens is 342 g/mol. The van der Waals surface area contributed by atoms with E-state index in [2.05, 4.69) is 19.2 Å². The minimum absolute atomic E-state index is 0.0460. The number of nitrogens with one attached hydrogen (secondary N) is 1. The summed E-state index contributed by atoms with van der Waals surface area (Å²) in [6.45, 7) is 6.17. The fraction of sp³-hybridized carbons (Fsp3) is 0.476. The zero-order chi connectivity index (χ0) is 19.4. The van der Waals surface area contributed by atoms with Crippen LogP contribution in [0.2, 0.25) is 0 Å². The fourth-order valence-electron chi connectivity index (χ4n) is 3.90. The number of aromatic nitrogens is 1. The van der Waals surface area contributed by atoms with Gasteiger partial charge in [0.15, 0.2) is 0 Å². The van der Waals surface area contributed by atoms with Gasteiger partial charge in [0.25, 0.3) is 5.56 Å². The summed E-state index contributed by atoms with van der Waals surface area (Å²) in [7, 11) is 0. The molecule has 2 heterocycles. The highest BCUT2D eigenvalue weighted by Crippen LogP contribution is 2.21. The Balaban J connectivity index is 1.51. The molecule has 1 fully saturated rings. The van der Waals surface area contributed by atoms with Crippen molar-refractivity contribution in [2.45, 2.75) is 33.2 Å². The molecular formula is C21H27N3O3. The first-order valence-corrected chi connectivity index (χ1v) is 9.56. The van der Waals surface area contributed by atoms with Crippen molar-refractivity contribution < 1.29 is 9.59 Å². The zero-order valence-electron chi connectivity index (χ0n) is 16.0. The fourth-order valence-corrected chi connectivity index (χ4v) is 3.90. The van der Waals surface area contributed by atoms with Crippen molar-refractivity contribution in [2.75, 3.05) is 19.6 Å². The molecule has 144 valence electrons. The van der Waals surface area contributed by atoms with Crippen LogP contribution in [0.1, 0.15) is 26.7 Å². The molecule has 0 aliphatic carbocycles. The first-order valence-electron chi connectivity index (χ1n) is 9.56. The van der Waals surface area contributed by atoms with E-state index >= 15 is 0 Å². The van der Waals surface area contributed by atoms with Crippen LogP contribution in [0.25, 0.3) is 10.8 Å². The van der Waals surface area contributed by atoms with E-state index in [1.54, 1.807) is 12.3 Å². The molecule has 6 nitrogen and oxygen atoms in total. The van der Waals surface area contributed by atoms with Crippen LogP contribution in [0.15, 0.2) is 41.3 Å². The first-order chi connectivity index (χ1) is 12.9. The average molecular weight is 369 g/mol. The van der Waals surface area contributed by atoms with Gasteiger partial charge in [-0.15, -0.1) is 0 Å². The van der Waals surface area contributed by atoms with Crippen LogP contribution in [-0.4, -0.2) is 40.9 Å². The van der Waals surface area contributed by atoms with Gasteiger partial charge in [-0.2, -0.15) is 0 Å². The van der Waals surface area contributed by atoms with Crippen LogP contribution in [-0.2, 0) is 16.1 Å². The van der Waals surface area contributed by atoms with Gasteiger partial charge in [-0.25, -0.2) is 0 Å². The van der Waals surface area contributed by atoms with E-state index in [-0.39, 0.29) is 30.3 Å². The first kappa shape index (κ1) is 19.1. The van der Waals surface area contributed by atoms with E-state index < -0.39 is 0 Å². The van der Waals surface area contributed by atoms with E-state index in [0.717, 1.165) is 24.9 Å². The molecule has 2 amide bonds. The van der Waals surface area contributed by atoms with Crippen molar-refractivity contribution in [2.24, 2.45) is 11.8 Å². The number of pyridine rings is 1. The van der Waals surface area contributed by atoms with Crippen LogP contribution in [0, 0.1) is 11.8 Å². The Morgan fingerprint density at radius 1 is 1.11 bits per heavy atom. The van der Waals surface area contributed by atoms with Gasteiger partial charge in [0.1, 0.15) is 6.54 Å². The lowest BCUT2D eigenvalue weighted by Crippen LogP contribution is -2.43. The molecule has 6 heteroatoms. The molecule has 1 N–H and O–H groups in total. The Morgan fingerprint density at radius 2 is 1.81 bits per heavy atom. The smallest absolute Gasteiger partial charge is 0.258 e. The highest BCUT2D eigenvalue weighted by Gasteiger charge is 2.24. The summed E-state index contributed by atoms with van der Waals surface area (Å²) in [5, 5.41) is 4.20. The molecule has 0 unspecified atom stereocenters. The van der Waals surface area contributed by atoms with E-state index in [9.17, 15) is 14.4 Å². The molecule has 2 aromatic rings. The summed E-state index contributed by atoms with van der Waals surface area (Å²) in [5.41, 5.74) is -0.185. The van der Waals surface area contributed by atoms with Crippen molar-refractivity contribution in [1.29, 1.82) is 0 Å². The molecule has 2 atom stereocenters. The number of benzene rings is 1. The predicted octanol–water partition coefficient (Wildman–Crippen LogP) is 2.01. The van der Waals surface area contributed by atoms with Crippen molar-refractivity contribution >= 4 is 22.6 Å². The average Bonchev–Trinajstić information content (AvgIpc) is 2.63. The summed E-state index contributed by atoms with van der Waals surface area (Å²) in [5.74, 6) is 0.858. The van der Waals surface area contributed by atoms with E-state index in [1.807, 2.05) is 29.2 Å². The highest BCUT2D eigenvalue weighted by molar-refractivity contribution is 5.82. The second-order valence-electron chi connectivity index (χ2n) is 7.68. The molecule has 27 heavy (non-hydrogen) atoms. The van der Waals surface area contributed by atoms with Crippen LogP contribution in [0.5, 0.6) is 0 Å². The third-order valence-corrected chi connectivity index (χ3v) is 5.08. The number of rotatable bonds is 5. The number of carbonyl (C=O) groups excluding carboxylic acids is 2. The summed E-state index contributed by atoms with van der Waals surface area (Å²) >= 11 is 0. The lowest BCUT2D eigenvalue weighted by Gasteiger charge is -2.35. The van der Waals surface area contributed by atoms with Crippen LogP contribution >= 0.6 is 0 Å². The van der Waals surface area contributed by atoms with E-state index in [0.29, 0.717) is 23.8 Å². The van der Waals surface area contributed by atoms with Crippen LogP contribution < -0.4 is 10.9 Å². The number of likely N-dealkylation sites (tertiary alicyclic amines) is 1. The maximum atomic E-state index is 12.4. The largest absolute Gasteiger partial charge is 0.354 e. The Bertz CT molecular complexity index is 880. The third kappa shape index (κ3) is 4.76. The second-order valence-corrected chi connectivity index (χ2v) is 7.68. The van der Waals surface area contributed by atoms with Crippen molar-refractivity contribution in [3.63, 3.8) is 0 Å². The Kier molecular flexibility index (Phi) is 5.94. The quantitative estimate of drug-likeness (QED) is 0.876. The minimum atomic E-state index is -0.263. The summed E-state index contributed by atoms with van der Waals surface area (Å²) in [4.78, 5) is 38.9. The summed E-state index contributed by atoms with van der Waals surface area (Å²) in [6.07, 6.45) is 3.07. The van der Waals surface area contributed by atoms with Crippen LogP contribution in [0.3, 0.4) is 0 Å². The molecule has 1 aliphatic rings. The highest BCUT2D eigenvalue weighted by atomic mass is 16.2. The van der Waals surface area contributed by atoms with Gasteiger partial charge >= 0.3 is 0 Å². The number of carbonyl (C=O) groups is 2. The number of amides is 2. The van der Waals surface area contributed by atoms with Gasteiger partial charge in [0.2, 0.25) is 11.8 Å². The lowest BCUT2D eigenvalue weighted by atomic mass is 9.92. The van der Waals surface area contributed by atoms with Gasteiger partial charge < -0.3 is 14.8 Å². The number of piperidine rings is 1. The van der Waals surface area contributed by atoms with Gasteiger partial charge in [0.05, 0.1) is 0 Å². The molecule has 1 aromatic carbocycles. The number of nitrogens with zero attached hydrogens (tertiary/aromatic N) is 2. The molecule has 1 saturated heterocycles. The number of hydrogen-bond donors (Lipinski definition) is 1. The van der Waals surface area contributed by atoms with Crippen molar-refractivity contribution in [3.8, 4) is 0 Å². The summed E-state index contributed by atoms with van der Waals surface area (Å²) < 4.78 is 1.40.